The molecule has 0 aromatic heterocycles. The third-order valence-electron chi connectivity index (χ3n) is 4.27. The average molecular weight is 337 g/mol. The van der Waals surface area contributed by atoms with Crippen LogP contribution in [0.4, 0.5) is 0 Å². The van der Waals surface area contributed by atoms with E-state index in [1.807, 2.05) is 6.07 Å². The summed E-state index contributed by atoms with van der Waals surface area (Å²) >= 11 is 6.01. The quantitative estimate of drug-likeness (QED) is 0.893. The van der Waals surface area contributed by atoms with E-state index >= 15 is 0 Å². The van der Waals surface area contributed by atoms with Gasteiger partial charge in [-0.25, -0.2) is 8.42 Å². The van der Waals surface area contributed by atoms with E-state index in [-0.39, 0.29) is 17.4 Å². The minimum absolute atomic E-state index is 0.0981. The maximum absolute atomic E-state index is 12.9. The summed E-state index contributed by atoms with van der Waals surface area (Å²) in [5.74, 6) is -0.346. The van der Waals surface area contributed by atoms with Gasteiger partial charge in [0.15, 0.2) is 9.84 Å². The molecule has 1 fully saturated rings. The summed E-state index contributed by atoms with van der Waals surface area (Å²) in [5, 5.41) is -0.175. The van der Waals surface area contributed by atoms with Gasteiger partial charge >= 0.3 is 0 Å². The van der Waals surface area contributed by atoms with Crippen molar-refractivity contribution in [2.75, 3.05) is 6.54 Å². The number of benzene rings is 2. The Bertz CT molecular complexity index is 795. The van der Waals surface area contributed by atoms with E-state index < -0.39 is 20.6 Å². The fourth-order valence-corrected chi connectivity index (χ4v) is 5.62. The average Bonchev–Trinajstić information content (AvgIpc) is 3.16. The molecule has 0 unspecified atom stereocenters. The van der Waals surface area contributed by atoms with Gasteiger partial charge in [-0.3, -0.25) is 0 Å². The van der Waals surface area contributed by atoms with Crippen LogP contribution in [0.2, 0.25) is 5.02 Å². The molecule has 3 atom stereocenters. The van der Waals surface area contributed by atoms with Gasteiger partial charge in [-0.05, 0) is 29.8 Å². The topological polar surface area (TPSA) is 86.2 Å². The van der Waals surface area contributed by atoms with Crippen LogP contribution in [-0.4, -0.2) is 25.8 Å². The van der Waals surface area contributed by atoms with E-state index in [9.17, 15) is 8.42 Å². The summed E-state index contributed by atoms with van der Waals surface area (Å²) < 4.78 is 25.7. The van der Waals surface area contributed by atoms with Crippen LogP contribution >= 0.6 is 11.6 Å². The molecule has 0 aliphatic heterocycles. The lowest BCUT2D eigenvalue weighted by Gasteiger charge is -2.09. The van der Waals surface area contributed by atoms with Crippen LogP contribution in [0, 0.1) is 0 Å². The van der Waals surface area contributed by atoms with Crippen molar-refractivity contribution in [2.45, 2.75) is 21.6 Å². The van der Waals surface area contributed by atoms with E-state index in [1.54, 1.807) is 48.5 Å². The molecule has 2 aromatic rings. The highest BCUT2D eigenvalue weighted by atomic mass is 35.5. The maximum Gasteiger partial charge on any atom is 0.183 e. The second-order valence-electron chi connectivity index (χ2n) is 5.63. The van der Waals surface area contributed by atoms with E-state index in [1.165, 1.54) is 0 Å². The predicted molar refractivity (Wildman–Crippen MR) is 87.6 cm³/mol. The van der Waals surface area contributed by atoms with Crippen molar-refractivity contribution in [1.29, 1.82) is 0 Å². The van der Waals surface area contributed by atoms with Gasteiger partial charge in [-0.2, -0.15) is 0 Å². The number of nitrogens with two attached hydrogens (primary N) is 2. The van der Waals surface area contributed by atoms with Crippen LogP contribution in [-0.2, 0) is 9.84 Å². The molecule has 4 N–H and O–H groups in total. The third-order valence-corrected chi connectivity index (χ3v) is 6.81. The Hall–Kier alpha value is -1.40. The molecule has 0 amide bonds. The molecule has 0 radical (unpaired) electrons. The molecule has 0 heterocycles. The molecule has 0 bridgehead atoms. The number of rotatable bonds is 4. The van der Waals surface area contributed by atoms with Crippen molar-refractivity contribution < 1.29 is 8.42 Å². The summed E-state index contributed by atoms with van der Waals surface area (Å²) in [6.07, 6.45) is 0. The fourth-order valence-electron chi connectivity index (χ4n) is 3.08. The zero-order valence-corrected chi connectivity index (χ0v) is 13.4. The number of halogens is 1. The Morgan fingerprint density at radius 1 is 1.09 bits per heavy atom. The molecule has 1 aliphatic carbocycles. The lowest BCUT2D eigenvalue weighted by Crippen LogP contribution is -2.39. The predicted octanol–water partition coefficient (Wildman–Crippen LogP) is 1.94. The number of hydrogen-bond acceptors (Lipinski definition) is 4. The van der Waals surface area contributed by atoms with Gasteiger partial charge < -0.3 is 11.5 Å². The SMILES string of the molecule is NC[C@]1(N)[C@H](c2cccc(Cl)c2)[C@H]1S(=O)(=O)c1ccccc1. The summed E-state index contributed by atoms with van der Waals surface area (Å²) in [6.45, 7) is 0.0981. The molecule has 1 saturated carbocycles. The van der Waals surface area contributed by atoms with Crippen molar-refractivity contribution in [3.8, 4) is 0 Å². The highest BCUT2D eigenvalue weighted by Gasteiger charge is 2.68. The van der Waals surface area contributed by atoms with E-state index in [0.29, 0.717) is 5.02 Å². The molecule has 22 heavy (non-hydrogen) atoms. The molecule has 0 saturated heterocycles. The summed E-state index contributed by atoms with van der Waals surface area (Å²) in [4.78, 5) is 0.271. The molecule has 116 valence electrons. The van der Waals surface area contributed by atoms with Gasteiger partial charge in [-0.15, -0.1) is 0 Å². The first-order chi connectivity index (χ1) is 10.4. The molecule has 0 spiro atoms. The van der Waals surface area contributed by atoms with Crippen molar-refractivity contribution >= 4 is 21.4 Å². The van der Waals surface area contributed by atoms with Crippen molar-refractivity contribution in [3.05, 3.63) is 65.2 Å². The zero-order chi connectivity index (χ0) is 16.0. The van der Waals surface area contributed by atoms with Gasteiger partial charge in [0.05, 0.1) is 15.7 Å². The first-order valence-corrected chi connectivity index (χ1v) is 8.87. The van der Waals surface area contributed by atoms with Crippen molar-refractivity contribution in [2.24, 2.45) is 11.5 Å². The van der Waals surface area contributed by atoms with Gasteiger partial charge in [0.2, 0.25) is 0 Å². The molecular weight excluding hydrogens is 320 g/mol. The van der Waals surface area contributed by atoms with Gasteiger partial charge in [0.25, 0.3) is 0 Å². The Morgan fingerprint density at radius 3 is 2.36 bits per heavy atom. The molecule has 4 nitrogen and oxygen atoms in total. The largest absolute Gasteiger partial charge is 0.329 e. The molecule has 2 aromatic carbocycles. The normalized spacial score (nSPS) is 27.6. The number of sulfone groups is 1. The first kappa shape index (κ1) is 15.5. The summed E-state index contributed by atoms with van der Waals surface area (Å²) in [6, 6.07) is 15.5. The Labute approximate surface area is 135 Å². The standard InChI is InChI=1S/C16H17ClN2O2S/c17-12-6-4-5-11(9-12)14-15(16(14,19)10-18)22(20,21)13-7-2-1-3-8-13/h1-9,14-15H,10,18-19H2/t14-,15-,16+/m1/s1. The van der Waals surface area contributed by atoms with E-state index in [4.69, 9.17) is 23.1 Å². The Balaban J connectivity index is 2.04. The van der Waals surface area contributed by atoms with Crippen LogP contribution < -0.4 is 11.5 Å². The van der Waals surface area contributed by atoms with E-state index in [0.717, 1.165) is 5.56 Å². The molecule has 3 rings (SSSR count). The molecule has 6 heteroatoms. The van der Waals surface area contributed by atoms with Crippen LogP contribution in [0.25, 0.3) is 0 Å². The van der Waals surface area contributed by atoms with Crippen molar-refractivity contribution in [1.82, 2.24) is 0 Å². The van der Waals surface area contributed by atoms with Crippen molar-refractivity contribution in [3.63, 3.8) is 0 Å². The highest BCUT2D eigenvalue weighted by molar-refractivity contribution is 7.92. The summed E-state index contributed by atoms with van der Waals surface area (Å²) in [5.41, 5.74) is 11.9. The van der Waals surface area contributed by atoms with Crippen LogP contribution in [0.5, 0.6) is 0 Å². The maximum atomic E-state index is 12.9. The number of hydrogen-bond donors (Lipinski definition) is 2. The third kappa shape index (κ3) is 2.34. The van der Waals surface area contributed by atoms with Gasteiger partial charge in [0.1, 0.15) is 0 Å². The lowest BCUT2D eigenvalue weighted by atomic mass is 10.1. The highest BCUT2D eigenvalue weighted by Crippen LogP contribution is 2.55. The molecular formula is C16H17ClN2O2S. The lowest BCUT2D eigenvalue weighted by molar-refractivity contribution is 0.586. The van der Waals surface area contributed by atoms with Crippen LogP contribution in [0.3, 0.4) is 0 Å². The van der Waals surface area contributed by atoms with Crippen LogP contribution in [0.15, 0.2) is 59.5 Å². The second kappa shape index (κ2) is 5.35. The first-order valence-electron chi connectivity index (χ1n) is 6.94. The zero-order valence-electron chi connectivity index (χ0n) is 11.8. The minimum atomic E-state index is -3.54. The Morgan fingerprint density at radius 2 is 1.77 bits per heavy atom. The Kier molecular flexibility index (Phi) is 3.77. The monoisotopic (exact) mass is 336 g/mol. The van der Waals surface area contributed by atoms with E-state index in [2.05, 4.69) is 0 Å². The smallest absolute Gasteiger partial charge is 0.183 e. The minimum Gasteiger partial charge on any atom is -0.329 e. The van der Waals surface area contributed by atoms with Gasteiger partial charge in [0, 0.05) is 17.5 Å². The fraction of sp³-hybridized carbons (Fsp3) is 0.250. The van der Waals surface area contributed by atoms with Gasteiger partial charge in [-0.1, -0.05) is 41.9 Å². The summed E-state index contributed by atoms with van der Waals surface area (Å²) in [7, 11) is -3.54. The second-order valence-corrected chi connectivity index (χ2v) is 8.13. The molecule has 1 aliphatic rings. The van der Waals surface area contributed by atoms with Crippen LogP contribution in [0.1, 0.15) is 11.5 Å².